The van der Waals surface area contributed by atoms with Gasteiger partial charge in [0.15, 0.2) is 0 Å². The molecule has 0 spiro atoms. The number of carbonyl (C=O) groups excluding carboxylic acids is 1. The number of amides is 1. The zero-order valence-electron chi connectivity index (χ0n) is 13.8. The highest BCUT2D eigenvalue weighted by molar-refractivity contribution is 5.97. The van der Waals surface area contributed by atoms with Gasteiger partial charge in [0.05, 0.1) is 0 Å². The monoisotopic (exact) mass is 319 g/mol. The lowest BCUT2D eigenvalue weighted by Crippen LogP contribution is -2.27. The van der Waals surface area contributed by atoms with Gasteiger partial charge in [-0.25, -0.2) is 0 Å². The first-order chi connectivity index (χ1) is 11.7. The van der Waals surface area contributed by atoms with E-state index in [4.69, 9.17) is 0 Å². The smallest absolute Gasteiger partial charge is 0.263 e. The lowest BCUT2D eigenvalue weighted by Gasteiger charge is -2.21. The average Bonchev–Trinajstić information content (AvgIpc) is 2.64. The SMILES string of the molecule is CCCNC(=O)/C(C#N)=C\N(Cc1ccccc1)c1ccccc1. The van der Waals surface area contributed by atoms with Gasteiger partial charge in [-0.15, -0.1) is 0 Å². The van der Waals surface area contributed by atoms with E-state index in [-0.39, 0.29) is 11.5 Å². The Morgan fingerprint density at radius 1 is 1.12 bits per heavy atom. The third-order valence-electron chi connectivity index (χ3n) is 3.47. The second-order valence-corrected chi connectivity index (χ2v) is 5.36. The van der Waals surface area contributed by atoms with Crippen molar-refractivity contribution in [1.29, 1.82) is 5.26 Å². The molecule has 2 rings (SSSR count). The van der Waals surface area contributed by atoms with Crippen LogP contribution in [0.3, 0.4) is 0 Å². The summed E-state index contributed by atoms with van der Waals surface area (Å²) in [5.41, 5.74) is 2.13. The van der Waals surface area contributed by atoms with Crippen LogP contribution in [-0.4, -0.2) is 12.5 Å². The maximum Gasteiger partial charge on any atom is 0.263 e. The summed E-state index contributed by atoms with van der Waals surface area (Å²) in [6.07, 6.45) is 2.45. The minimum Gasteiger partial charge on any atom is -0.351 e. The van der Waals surface area contributed by atoms with Gasteiger partial charge in [0.2, 0.25) is 0 Å². The summed E-state index contributed by atoms with van der Waals surface area (Å²) in [4.78, 5) is 14.0. The fraction of sp³-hybridized carbons (Fsp3) is 0.200. The minimum atomic E-state index is -0.339. The lowest BCUT2D eigenvalue weighted by molar-refractivity contribution is -0.117. The van der Waals surface area contributed by atoms with Gasteiger partial charge in [-0.1, -0.05) is 55.5 Å². The van der Waals surface area contributed by atoms with Gasteiger partial charge in [0.1, 0.15) is 11.6 Å². The molecule has 2 aromatic rings. The summed E-state index contributed by atoms with van der Waals surface area (Å²) in [6, 6.07) is 21.7. The largest absolute Gasteiger partial charge is 0.351 e. The van der Waals surface area contributed by atoms with Crippen LogP contribution in [0.5, 0.6) is 0 Å². The van der Waals surface area contributed by atoms with Crippen molar-refractivity contribution in [2.45, 2.75) is 19.9 Å². The van der Waals surface area contributed by atoms with Crippen molar-refractivity contribution in [3.05, 3.63) is 78.0 Å². The summed E-state index contributed by atoms with van der Waals surface area (Å²) in [5, 5.41) is 12.1. The Bertz CT molecular complexity index is 718. The Labute approximate surface area is 143 Å². The number of benzene rings is 2. The molecule has 1 amide bonds. The molecular formula is C20H21N3O. The molecule has 0 saturated heterocycles. The Morgan fingerprint density at radius 2 is 1.75 bits per heavy atom. The van der Waals surface area contributed by atoms with Gasteiger partial charge < -0.3 is 10.2 Å². The molecule has 0 heterocycles. The maximum absolute atomic E-state index is 12.1. The van der Waals surface area contributed by atoms with Gasteiger partial charge in [-0.05, 0) is 24.1 Å². The zero-order chi connectivity index (χ0) is 17.2. The number of nitriles is 1. The van der Waals surface area contributed by atoms with Crippen LogP contribution in [0.2, 0.25) is 0 Å². The standard InChI is InChI=1S/C20H21N3O/c1-2-13-22-20(24)18(14-21)16-23(19-11-7-4-8-12-19)15-17-9-5-3-6-10-17/h3-12,16H,2,13,15H2,1H3,(H,22,24)/b18-16-. The third-order valence-corrected chi connectivity index (χ3v) is 3.47. The Morgan fingerprint density at radius 3 is 2.33 bits per heavy atom. The molecule has 0 bridgehead atoms. The number of carbonyl (C=O) groups is 1. The van der Waals surface area contributed by atoms with Gasteiger partial charge in [0, 0.05) is 25.0 Å². The molecule has 24 heavy (non-hydrogen) atoms. The second-order valence-electron chi connectivity index (χ2n) is 5.36. The average molecular weight is 319 g/mol. The highest BCUT2D eigenvalue weighted by Gasteiger charge is 2.12. The first-order valence-corrected chi connectivity index (χ1v) is 8.00. The molecule has 122 valence electrons. The van der Waals surface area contributed by atoms with Crippen molar-refractivity contribution >= 4 is 11.6 Å². The van der Waals surface area contributed by atoms with E-state index >= 15 is 0 Å². The fourth-order valence-electron chi connectivity index (χ4n) is 2.24. The molecule has 2 aromatic carbocycles. The number of hydrogen-bond donors (Lipinski definition) is 1. The summed E-state index contributed by atoms with van der Waals surface area (Å²) in [7, 11) is 0. The van der Waals surface area contributed by atoms with Crippen molar-refractivity contribution in [3.63, 3.8) is 0 Å². The first-order valence-electron chi connectivity index (χ1n) is 8.00. The van der Waals surface area contributed by atoms with Crippen LogP contribution >= 0.6 is 0 Å². The molecule has 4 nitrogen and oxygen atoms in total. The predicted octanol–water partition coefficient (Wildman–Crippen LogP) is 3.63. The van der Waals surface area contributed by atoms with Crippen LogP contribution in [0, 0.1) is 11.3 Å². The Balaban J connectivity index is 2.29. The predicted molar refractivity (Wildman–Crippen MR) is 96.1 cm³/mol. The van der Waals surface area contributed by atoms with Crippen molar-refractivity contribution in [3.8, 4) is 6.07 Å². The number of nitrogens with one attached hydrogen (secondary N) is 1. The minimum absolute atomic E-state index is 0.100. The highest BCUT2D eigenvalue weighted by atomic mass is 16.1. The third kappa shape index (κ3) is 4.99. The second kappa shape index (κ2) is 9.16. The molecule has 0 aliphatic rings. The summed E-state index contributed by atoms with van der Waals surface area (Å²) in [6.45, 7) is 3.11. The summed E-state index contributed by atoms with van der Waals surface area (Å²) in [5.74, 6) is -0.339. The number of para-hydroxylation sites is 1. The molecule has 4 heteroatoms. The normalized spacial score (nSPS) is 10.8. The van der Waals surface area contributed by atoms with Crippen molar-refractivity contribution < 1.29 is 4.79 Å². The molecule has 1 N–H and O–H groups in total. The zero-order valence-corrected chi connectivity index (χ0v) is 13.8. The molecule has 0 unspecified atom stereocenters. The molecule has 0 fully saturated rings. The fourth-order valence-corrected chi connectivity index (χ4v) is 2.24. The molecule has 0 atom stereocenters. The lowest BCUT2D eigenvalue weighted by atomic mass is 10.2. The summed E-state index contributed by atoms with van der Waals surface area (Å²) >= 11 is 0. The van der Waals surface area contributed by atoms with Crippen molar-refractivity contribution in [1.82, 2.24) is 5.32 Å². The van der Waals surface area contributed by atoms with Gasteiger partial charge in [-0.2, -0.15) is 5.26 Å². The van der Waals surface area contributed by atoms with E-state index in [1.807, 2.05) is 78.6 Å². The van der Waals surface area contributed by atoms with E-state index in [1.165, 1.54) is 0 Å². The molecular weight excluding hydrogens is 298 g/mol. The van der Waals surface area contributed by atoms with Crippen LogP contribution < -0.4 is 10.2 Å². The molecule has 0 aromatic heterocycles. The quantitative estimate of drug-likeness (QED) is 0.626. The van der Waals surface area contributed by atoms with Gasteiger partial charge >= 0.3 is 0 Å². The van der Waals surface area contributed by atoms with E-state index in [0.717, 1.165) is 17.7 Å². The first kappa shape index (κ1) is 17.3. The van der Waals surface area contributed by atoms with Crippen molar-refractivity contribution in [2.75, 3.05) is 11.4 Å². The van der Waals surface area contributed by atoms with E-state index in [2.05, 4.69) is 5.32 Å². The topological polar surface area (TPSA) is 56.1 Å². The number of rotatable bonds is 7. The molecule has 0 aliphatic heterocycles. The highest BCUT2D eigenvalue weighted by Crippen LogP contribution is 2.18. The van der Waals surface area contributed by atoms with E-state index in [0.29, 0.717) is 13.1 Å². The van der Waals surface area contributed by atoms with E-state index in [1.54, 1.807) is 6.20 Å². The van der Waals surface area contributed by atoms with Gasteiger partial charge in [0.25, 0.3) is 5.91 Å². The van der Waals surface area contributed by atoms with Crippen LogP contribution in [-0.2, 0) is 11.3 Å². The molecule has 0 aliphatic carbocycles. The van der Waals surface area contributed by atoms with E-state index < -0.39 is 0 Å². The van der Waals surface area contributed by atoms with Crippen LogP contribution in [0.4, 0.5) is 5.69 Å². The van der Waals surface area contributed by atoms with Crippen LogP contribution in [0.15, 0.2) is 72.4 Å². The van der Waals surface area contributed by atoms with Crippen LogP contribution in [0.1, 0.15) is 18.9 Å². The number of nitrogens with zero attached hydrogens (tertiary/aromatic N) is 2. The van der Waals surface area contributed by atoms with Crippen LogP contribution in [0.25, 0.3) is 0 Å². The Kier molecular flexibility index (Phi) is 6.60. The maximum atomic E-state index is 12.1. The van der Waals surface area contributed by atoms with Gasteiger partial charge in [-0.3, -0.25) is 4.79 Å². The molecule has 0 saturated carbocycles. The number of hydrogen-bond acceptors (Lipinski definition) is 3. The number of anilines is 1. The Hall–Kier alpha value is -3.06. The summed E-state index contributed by atoms with van der Waals surface area (Å²) < 4.78 is 0. The van der Waals surface area contributed by atoms with Crippen molar-refractivity contribution in [2.24, 2.45) is 0 Å². The molecule has 0 radical (unpaired) electrons. The van der Waals surface area contributed by atoms with E-state index in [9.17, 15) is 10.1 Å².